The number of hydrogen-bond donors (Lipinski definition) is 2. The van der Waals surface area contributed by atoms with Gasteiger partial charge in [0.05, 0.1) is 28.8 Å². The molecule has 2 aromatic rings. The van der Waals surface area contributed by atoms with Gasteiger partial charge < -0.3 is 15.4 Å². The third kappa shape index (κ3) is 3.83. The number of nitrogens with one attached hydrogen (secondary N) is 2. The average molecular weight is 402 g/mol. The first kappa shape index (κ1) is 17.8. The van der Waals surface area contributed by atoms with Crippen LogP contribution in [0.3, 0.4) is 0 Å². The Labute approximate surface area is 156 Å². The molecule has 0 saturated carbocycles. The summed E-state index contributed by atoms with van der Waals surface area (Å²) < 4.78 is 6.68. The molecule has 11 heteroatoms. The minimum Gasteiger partial charge on any atom is -0.463 e. The van der Waals surface area contributed by atoms with Crippen LogP contribution >= 0.6 is 35.0 Å². The van der Waals surface area contributed by atoms with E-state index in [1.807, 2.05) is 0 Å². The fourth-order valence-electron chi connectivity index (χ4n) is 2.21. The van der Waals surface area contributed by atoms with Crippen molar-refractivity contribution in [1.29, 1.82) is 0 Å². The van der Waals surface area contributed by atoms with Crippen LogP contribution in [0.15, 0.2) is 28.7 Å². The number of aromatic nitrogens is 3. The number of rotatable bonds is 5. The highest BCUT2D eigenvalue weighted by Crippen LogP contribution is 2.26. The first-order valence-corrected chi connectivity index (χ1v) is 9.00. The molecular formula is C14H13Cl2N5O3S. The fraction of sp³-hybridized carbons (Fsp3) is 0.286. The number of halogens is 2. The molecular weight excluding hydrogens is 389 g/mol. The van der Waals surface area contributed by atoms with Gasteiger partial charge in [-0.2, -0.15) is 0 Å². The normalized spacial score (nSPS) is 14.4. The van der Waals surface area contributed by atoms with E-state index in [4.69, 9.17) is 27.9 Å². The highest BCUT2D eigenvalue weighted by atomic mass is 35.5. The third-order valence-electron chi connectivity index (χ3n) is 3.32. The molecule has 2 N–H and O–H groups in total. The van der Waals surface area contributed by atoms with Gasteiger partial charge in [0.15, 0.2) is 10.8 Å². The van der Waals surface area contributed by atoms with Gasteiger partial charge in [0.2, 0.25) is 0 Å². The SMILES string of the molecule is CCOC(=O)C1=C(CSc2nnc3c(Cl)cc(Cl)cn23)NC(=O)NC1. The smallest absolute Gasteiger partial charge is 0.337 e. The zero-order valence-corrected chi connectivity index (χ0v) is 15.3. The van der Waals surface area contributed by atoms with Crippen LogP contribution in [0.25, 0.3) is 5.65 Å². The van der Waals surface area contributed by atoms with Gasteiger partial charge in [-0.05, 0) is 13.0 Å². The van der Waals surface area contributed by atoms with E-state index in [2.05, 4.69) is 20.8 Å². The highest BCUT2D eigenvalue weighted by Gasteiger charge is 2.24. The number of esters is 1. The number of pyridine rings is 1. The largest absolute Gasteiger partial charge is 0.463 e. The van der Waals surface area contributed by atoms with Gasteiger partial charge in [0.1, 0.15) is 0 Å². The van der Waals surface area contributed by atoms with Gasteiger partial charge in [-0.3, -0.25) is 4.40 Å². The van der Waals surface area contributed by atoms with Crippen LogP contribution in [-0.4, -0.2) is 45.5 Å². The summed E-state index contributed by atoms with van der Waals surface area (Å²) in [6, 6.07) is 1.21. The maximum Gasteiger partial charge on any atom is 0.337 e. The summed E-state index contributed by atoms with van der Waals surface area (Å²) in [5, 5.41) is 14.6. The second-order valence-electron chi connectivity index (χ2n) is 4.96. The molecule has 132 valence electrons. The van der Waals surface area contributed by atoms with E-state index in [-0.39, 0.29) is 19.2 Å². The number of nitrogens with zero attached hydrogens (tertiary/aromatic N) is 3. The maximum absolute atomic E-state index is 12.0. The van der Waals surface area contributed by atoms with E-state index in [1.54, 1.807) is 23.6 Å². The minimum atomic E-state index is -0.470. The average Bonchev–Trinajstić information content (AvgIpc) is 2.96. The molecule has 0 saturated heterocycles. The van der Waals surface area contributed by atoms with E-state index >= 15 is 0 Å². The summed E-state index contributed by atoms with van der Waals surface area (Å²) in [6.07, 6.45) is 1.65. The number of hydrogen-bond acceptors (Lipinski definition) is 6. The molecule has 3 heterocycles. The lowest BCUT2D eigenvalue weighted by Crippen LogP contribution is -2.44. The number of thioether (sulfide) groups is 1. The minimum absolute atomic E-state index is 0.110. The number of fused-ring (bicyclic) bond motifs is 1. The number of amides is 2. The van der Waals surface area contributed by atoms with Gasteiger partial charge in [0.25, 0.3) is 0 Å². The Hall–Kier alpha value is -1.97. The Morgan fingerprint density at radius 2 is 2.24 bits per heavy atom. The maximum atomic E-state index is 12.0. The van der Waals surface area contributed by atoms with Crippen molar-refractivity contribution in [1.82, 2.24) is 25.2 Å². The van der Waals surface area contributed by atoms with E-state index in [0.29, 0.717) is 37.9 Å². The number of carbonyl (C=O) groups excluding carboxylic acids is 2. The molecule has 0 radical (unpaired) electrons. The van der Waals surface area contributed by atoms with Crippen molar-refractivity contribution in [3.05, 3.63) is 33.6 Å². The second-order valence-corrected chi connectivity index (χ2v) is 6.74. The summed E-state index contributed by atoms with van der Waals surface area (Å²) >= 11 is 13.4. The fourth-order valence-corrected chi connectivity index (χ4v) is 3.61. The Morgan fingerprint density at radius 1 is 1.44 bits per heavy atom. The highest BCUT2D eigenvalue weighted by molar-refractivity contribution is 7.99. The molecule has 0 aromatic carbocycles. The van der Waals surface area contributed by atoms with Crippen LogP contribution in [0, 0.1) is 0 Å². The lowest BCUT2D eigenvalue weighted by Gasteiger charge is -2.20. The number of carbonyl (C=O) groups is 2. The van der Waals surface area contributed by atoms with Crippen LogP contribution in [0.2, 0.25) is 10.0 Å². The summed E-state index contributed by atoms with van der Waals surface area (Å²) in [6.45, 7) is 2.08. The van der Waals surface area contributed by atoms with E-state index < -0.39 is 5.97 Å². The molecule has 3 rings (SSSR count). The van der Waals surface area contributed by atoms with Crippen LogP contribution in [0.4, 0.5) is 4.79 Å². The van der Waals surface area contributed by atoms with Crippen LogP contribution in [0.1, 0.15) is 6.92 Å². The molecule has 8 nitrogen and oxygen atoms in total. The molecule has 1 aliphatic rings. The van der Waals surface area contributed by atoms with Crippen molar-refractivity contribution in [2.45, 2.75) is 12.1 Å². The Morgan fingerprint density at radius 3 is 3.00 bits per heavy atom. The second kappa shape index (κ2) is 7.51. The molecule has 2 amide bonds. The van der Waals surface area contributed by atoms with Crippen LogP contribution in [0.5, 0.6) is 0 Å². The van der Waals surface area contributed by atoms with Gasteiger partial charge in [0, 0.05) is 17.6 Å². The molecule has 2 aromatic heterocycles. The van der Waals surface area contributed by atoms with Crippen molar-refractivity contribution in [3.63, 3.8) is 0 Å². The van der Waals surface area contributed by atoms with E-state index in [9.17, 15) is 9.59 Å². The standard InChI is InChI=1S/C14H13Cl2N5O3S/c1-2-24-12(22)8-4-17-13(23)18-10(8)6-25-14-20-19-11-9(16)3-7(15)5-21(11)14/h3,5H,2,4,6H2,1H3,(H2,17,18,23). The summed E-state index contributed by atoms with van der Waals surface area (Å²) in [4.78, 5) is 23.6. The van der Waals surface area contributed by atoms with E-state index in [1.165, 1.54) is 11.8 Å². The predicted octanol–water partition coefficient (Wildman–Crippen LogP) is 2.26. The Bertz CT molecular complexity index is 883. The monoisotopic (exact) mass is 401 g/mol. The van der Waals surface area contributed by atoms with Gasteiger partial charge in [-0.25, -0.2) is 9.59 Å². The van der Waals surface area contributed by atoms with Crippen molar-refractivity contribution >= 4 is 52.6 Å². The third-order valence-corrected chi connectivity index (χ3v) is 4.77. The van der Waals surface area contributed by atoms with Gasteiger partial charge >= 0.3 is 12.0 Å². The van der Waals surface area contributed by atoms with Crippen LogP contribution in [-0.2, 0) is 9.53 Å². The molecule has 0 aliphatic carbocycles. The quantitative estimate of drug-likeness (QED) is 0.588. The van der Waals surface area contributed by atoms with Crippen molar-refractivity contribution in [3.8, 4) is 0 Å². The zero-order chi connectivity index (χ0) is 18.0. The topological polar surface area (TPSA) is 97.6 Å². The molecule has 0 unspecified atom stereocenters. The van der Waals surface area contributed by atoms with Gasteiger partial charge in [-0.15, -0.1) is 10.2 Å². The van der Waals surface area contributed by atoms with Gasteiger partial charge in [-0.1, -0.05) is 35.0 Å². The molecule has 0 atom stereocenters. The molecule has 25 heavy (non-hydrogen) atoms. The van der Waals surface area contributed by atoms with E-state index in [0.717, 1.165) is 0 Å². The Kier molecular flexibility index (Phi) is 5.36. The predicted molar refractivity (Wildman–Crippen MR) is 93.9 cm³/mol. The summed E-state index contributed by atoms with van der Waals surface area (Å²) in [7, 11) is 0. The van der Waals surface area contributed by atoms with Crippen LogP contribution < -0.4 is 10.6 Å². The lowest BCUT2D eigenvalue weighted by atomic mass is 10.2. The lowest BCUT2D eigenvalue weighted by molar-refractivity contribution is -0.138. The van der Waals surface area contributed by atoms with Crippen molar-refractivity contribution in [2.24, 2.45) is 0 Å². The first-order valence-electron chi connectivity index (χ1n) is 7.26. The zero-order valence-electron chi connectivity index (χ0n) is 13.0. The Balaban J connectivity index is 1.86. The number of urea groups is 1. The molecule has 0 spiro atoms. The molecule has 1 aliphatic heterocycles. The molecule has 0 fully saturated rings. The molecule has 0 bridgehead atoms. The number of ether oxygens (including phenoxy) is 1. The summed E-state index contributed by atoms with van der Waals surface area (Å²) in [5.74, 6) is -0.172. The summed E-state index contributed by atoms with van der Waals surface area (Å²) in [5.41, 5.74) is 1.32. The van der Waals surface area contributed by atoms with Crippen molar-refractivity contribution < 1.29 is 14.3 Å². The van der Waals surface area contributed by atoms with Crippen molar-refractivity contribution in [2.75, 3.05) is 18.9 Å². The first-order chi connectivity index (χ1) is 12.0.